The molecule has 7 heteroatoms. The lowest BCUT2D eigenvalue weighted by molar-refractivity contribution is 0.538. The highest BCUT2D eigenvalue weighted by molar-refractivity contribution is 7.98. The molecule has 0 radical (unpaired) electrons. The molecule has 0 aliphatic carbocycles. The SMILES string of the molecule is CS(=O)(=O)CCC(NN)c1cc2c(s1)CCSC2. The molecule has 0 bridgehead atoms. The minimum absolute atomic E-state index is 0.0553. The molecule has 1 aliphatic rings. The lowest BCUT2D eigenvalue weighted by atomic mass is 10.1. The maximum absolute atomic E-state index is 11.2. The summed E-state index contributed by atoms with van der Waals surface area (Å²) >= 11 is 3.71. The Hall–Kier alpha value is -0.0800. The van der Waals surface area contributed by atoms with Crippen LogP contribution in [-0.4, -0.2) is 26.2 Å². The van der Waals surface area contributed by atoms with Gasteiger partial charge in [-0.2, -0.15) is 11.8 Å². The van der Waals surface area contributed by atoms with Crippen molar-refractivity contribution in [2.24, 2.45) is 5.84 Å². The number of hydrogen-bond acceptors (Lipinski definition) is 6. The van der Waals surface area contributed by atoms with Gasteiger partial charge in [-0.3, -0.25) is 11.3 Å². The maximum atomic E-state index is 11.2. The van der Waals surface area contributed by atoms with E-state index in [1.807, 2.05) is 11.8 Å². The molecule has 2 rings (SSSR count). The standard InChI is InChI=1S/C11H18N2O2S3/c1-18(14,15)5-3-9(13-12)11-6-8-7-16-4-2-10(8)17-11/h6,9,13H,2-5,7,12H2,1H3. The topological polar surface area (TPSA) is 72.2 Å². The molecule has 0 saturated heterocycles. The Morgan fingerprint density at radius 3 is 2.94 bits per heavy atom. The Labute approximate surface area is 116 Å². The van der Waals surface area contributed by atoms with Crippen LogP contribution in [0.1, 0.15) is 27.8 Å². The zero-order valence-electron chi connectivity index (χ0n) is 10.3. The molecule has 1 aromatic heterocycles. The maximum Gasteiger partial charge on any atom is 0.147 e. The molecule has 0 spiro atoms. The third-order valence-electron chi connectivity index (χ3n) is 2.97. The Morgan fingerprint density at radius 2 is 2.33 bits per heavy atom. The van der Waals surface area contributed by atoms with Crippen LogP contribution >= 0.6 is 23.1 Å². The molecule has 1 aromatic rings. The summed E-state index contributed by atoms with van der Waals surface area (Å²) in [7, 11) is -2.93. The average Bonchev–Trinajstić information content (AvgIpc) is 2.71. The van der Waals surface area contributed by atoms with E-state index >= 15 is 0 Å². The van der Waals surface area contributed by atoms with Crippen LogP contribution in [0.2, 0.25) is 0 Å². The van der Waals surface area contributed by atoms with Gasteiger partial charge in [0.05, 0.1) is 11.8 Å². The summed E-state index contributed by atoms with van der Waals surface area (Å²) in [6, 6.07) is 2.12. The van der Waals surface area contributed by atoms with Gasteiger partial charge in [0.2, 0.25) is 0 Å². The van der Waals surface area contributed by atoms with E-state index in [2.05, 4.69) is 11.5 Å². The number of fused-ring (bicyclic) bond motifs is 1. The highest BCUT2D eigenvalue weighted by Crippen LogP contribution is 2.35. The zero-order valence-corrected chi connectivity index (χ0v) is 12.8. The lowest BCUT2D eigenvalue weighted by Crippen LogP contribution is -2.29. The van der Waals surface area contributed by atoms with Crippen LogP contribution in [0.4, 0.5) is 0 Å². The first-order valence-corrected chi connectivity index (χ1v) is 9.86. The summed E-state index contributed by atoms with van der Waals surface area (Å²) in [5.74, 6) is 7.96. The Kier molecular flexibility index (Phi) is 4.71. The number of sulfone groups is 1. The molecule has 2 heterocycles. The van der Waals surface area contributed by atoms with Crippen molar-refractivity contribution in [3.05, 3.63) is 21.4 Å². The van der Waals surface area contributed by atoms with Gasteiger partial charge in [0.15, 0.2) is 0 Å². The summed E-state index contributed by atoms with van der Waals surface area (Å²) < 4.78 is 22.4. The molecule has 1 aliphatic heterocycles. The second-order valence-electron chi connectivity index (χ2n) is 4.54. The van der Waals surface area contributed by atoms with E-state index < -0.39 is 9.84 Å². The van der Waals surface area contributed by atoms with Gasteiger partial charge in [-0.15, -0.1) is 11.3 Å². The van der Waals surface area contributed by atoms with Gasteiger partial charge in [0, 0.05) is 21.8 Å². The normalized spacial score (nSPS) is 17.4. The number of rotatable bonds is 5. The molecule has 18 heavy (non-hydrogen) atoms. The smallest absolute Gasteiger partial charge is 0.147 e. The number of hydrazine groups is 1. The predicted molar refractivity (Wildman–Crippen MR) is 78.6 cm³/mol. The fourth-order valence-electron chi connectivity index (χ4n) is 1.98. The average molecular weight is 306 g/mol. The van der Waals surface area contributed by atoms with E-state index in [1.165, 1.54) is 22.4 Å². The van der Waals surface area contributed by atoms with E-state index in [4.69, 9.17) is 5.84 Å². The van der Waals surface area contributed by atoms with Gasteiger partial charge in [-0.05, 0) is 30.2 Å². The summed E-state index contributed by atoms with van der Waals surface area (Å²) in [4.78, 5) is 2.59. The number of thioether (sulfide) groups is 1. The zero-order chi connectivity index (χ0) is 13.2. The summed E-state index contributed by atoms with van der Waals surface area (Å²) in [6.45, 7) is 0. The van der Waals surface area contributed by atoms with E-state index in [0.717, 1.165) is 17.1 Å². The lowest BCUT2D eigenvalue weighted by Gasteiger charge is -2.13. The number of nitrogens with two attached hydrogens (primary N) is 1. The molecule has 1 unspecified atom stereocenters. The molecule has 1 atom stereocenters. The number of nitrogens with one attached hydrogen (secondary N) is 1. The van der Waals surface area contributed by atoms with Crippen molar-refractivity contribution < 1.29 is 8.42 Å². The van der Waals surface area contributed by atoms with Crippen molar-refractivity contribution in [3.63, 3.8) is 0 Å². The van der Waals surface area contributed by atoms with Crippen molar-refractivity contribution in [3.8, 4) is 0 Å². The van der Waals surface area contributed by atoms with Gasteiger partial charge in [0.25, 0.3) is 0 Å². The molecule has 4 nitrogen and oxygen atoms in total. The summed E-state index contributed by atoms with van der Waals surface area (Å²) in [5, 5.41) is 0. The van der Waals surface area contributed by atoms with Crippen molar-refractivity contribution in [2.75, 3.05) is 17.8 Å². The van der Waals surface area contributed by atoms with E-state index in [-0.39, 0.29) is 11.8 Å². The Bertz CT molecular complexity index is 487. The largest absolute Gasteiger partial charge is 0.271 e. The van der Waals surface area contributed by atoms with E-state index in [9.17, 15) is 8.42 Å². The van der Waals surface area contributed by atoms with Crippen molar-refractivity contribution >= 4 is 32.9 Å². The van der Waals surface area contributed by atoms with Crippen LogP contribution in [0.15, 0.2) is 6.07 Å². The van der Waals surface area contributed by atoms with Crippen LogP contribution < -0.4 is 11.3 Å². The molecule has 102 valence electrons. The van der Waals surface area contributed by atoms with Crippen molar-refractivity contribution in [1.82, 2.24) is 5.43 Å². The van der Waals surface area contributed by atoms with Gasteiger partial charge >= 0.3 is 0 Å². The summed E-state index contributed by atoms with van der Waals surface area (Å²) in [6.07, 6.45) is 2.91. The van der Waals surface area contributed by atoms with Crippen LogP contribution in [0.5, 0.6) is 0 Å². The van der Waals surface area contributed by atoms with E-state index in [1.54, 1.807) is 11.3 Å². The minimum atomic E-state index is -2.93. The third-order valence-corrected chi connectivity index (χ3v) is 6.30. The highest BCUT2D eigenvalue weighted by Gasteiger charge is 2.19. The fraction of sp³-hybridized carbons (Fsp3) is 0.636. The van der Waals surface area contributed by atoms with Crippen molar-refractivity contribution in [2.45, 2.75) is 24.6 Å². The van der Waals surface area contributed by atoms with Gasteiger partial charge in [0.1, 0.15) is 9.84 Å². The Balaban J connectivity index is 2.10. The van der Waals surface area contributed by atoms with Gasteiger partial charge < -0.3 is 0 Å². The van der Waals surface area contributed by atoms with Crippen LogP contribution in [0.25, 0.3) is 0 Å². The number of thiophene rings is 1. The molecular weight excluding hydrogens is 288 g/mol. The second kappa shape index (κ2) is 5.92. The van der Waals surface area contributed by atoms with Crippen molar-refractivity contribution in [1.29, 1.82) is 0 Å². The van der Waals surface area contributed by atoms with E-state index in [0.29, 0.717) is 6.42 Å². The Morgan fingerprint density at radius 1 is 1.56 bits per heavy atom. The highest BCUT2D eigenvalue weighted by atomic mass is 32.2. The van der Waals surface area contributed by atoms with Crippen LogP contribution in [-0.2, 0) is 22.0 Å². The first kappa shape index (κ1) is 14.3. The minimum Gasteiger partial charge on any atom is -0.271 e. The molecule has 3 N–H and O–H groups in total. The molecule has 0 amide bonds. The number of hydrogen-bond donors (Lipinski definition) is 2. The second-order valence-corrected chi connectivity index (χ2v) is 9.07. The third kappa shape index (κ3) is 3.71. The first-order valence-electron chi connectivity index (χ1n) is 5.82. The number of aryl methyl sites for hydroxylation is 1. The van der Waals surface area contributed by atoms with Gasteiger partial charge in [-0.25, -0.2) is 8.42 Å². The monoisotopic (exact) mass is 306 g/mol. The molecule has 0 aromatic carbocycles. The van der Waals surface area contributed by atoms with Crippen LogP contribution in [0, 0.1) is 0 Å². The first-order chi connectivity index (χ1) is 8.49. The summed E-state index contributed by atoms with van der Waals surface area (Å²) in [5.41, 5.74) is 4.13. The van der Waals surface area contributed by atoms with Gasteiger partial charge in [-0.1, -0.05) is 0 Å². The fourth-order valence-corrected chi connectivity index (χ4v) is 5.12. The van der Waals surface area contributed by atoms with Crippen LogP contribution in [0.3, 0.4) is 0 Å². The predicted octanol–water partition coefficient (Wildman–Crippen LogP) is 1.48. The molecular formula is C11H18N2O2S3. The molecule has 0 fully saturated rings. The quantitative estimate of drug-likeness (QED) is 0.637. The molecule has 0 saturated carbocycles.